The molecular weight excluding hydrogens is 166 g/mol. The second-order valence-electron chi connectivity index (χ2n) is 3.22. The Hall–Kier alpha value is -1.32. The van der Waals surface area contributed by atoms with Crippen LogP contribution < -0.4 is 10.9 Å². The number of fused-ring (bicyclic) bond motifs is 1. The summed E-state index contributed by atoms with van der Waals surface area (Å²) in [5.41, 5.74) is 1.87. The Morgan fingerprint density at radius 1 is 1.54 bits per heavy atom. The largest absolute Gasteiger partial charge is 0.356 e. The summed E-state index contributed by atoms with van der Waals surface area (Å²) in [4.78, 5) is 18.5. The van der Waals surface area contributed by atoms with E-state index in [0.29, 0.717) is 5.95 Å². The lowest BCUT2D eigenvalue weighted by Crippen LogP contribution is -2.17. The number of rotatable bonds is 2. The molecule has 0 atom stereocenters. The molecule has 0 fully saturated rings. The van der Waals surface area contributed by atoms with Crippen LogP contribution in [0.4, 0.5) is 5.95 Å². The summed E-state index contributed by atoms with van der Waals surface area (Å²) in [7, 11) is 0. The van der Waals surface area contributed by atoms with Crippen molar-refractivity contribution < 1.29 is 0 Å². The van der Waals surface area contributed by atoms with Crippen molar-refractivity contribution in [3.05, 3.63) is 21.6 Å². The molecule has 1 aliphatic rings. The third kappa shape index (κ3) is 1.43. The minimum atomic E-state index is 0.0263. The highest BCUT2D eigenvalue weighted by Crippen LogP contribution is 2.16. The molecule has 0 saturated heterocycles. The minimum Gasteiger partial charge on any atom is -0.356 e. The molecule has 1 aromatic heterocycles. The fraction of sp³-hybridized carbons (Fsp3) is 0.556. The number of nitrogens with zero attached hydrogens (tertiary/aromatic N) is 1. The van der Waals surface area contributed by atoms with Crippen molar-refractivity contribution in [3.8, 4) is 0 Å². The fourth-order valence-electron chi connectivity index (χ4n) is 1.69. The van der Waals surface area contributed by atoms with E-state index >= 15 is 0 Å². The van der Waals surface area contributed by atoms with Crippen LogP contribution >= 0.6 is 0 Å². The Kier molecular flexibility index (Phi) is 2.04. The van der Waals surface area contributed by atoms with Crippen LogP contribution in [0.15, 0.2) is 4.79 Å². The van der Waals surface area contributed by atoms with Gasteiger partial charge in [-0.15, -0.1) is 0 Å². The number of H-pyrrole nitrogens is 1. The van der Waals surface area contributed by atoms with Gasteiger partial charge in [0.05, 0.1) is 5.69 Å². The Bertz CT molecular complexity index is 370. The van der Waals surface area contributed by atoms with Gasteiger partial charge in [-0.25, -0.2) is 4.98 Å². The van der Waals surface area contributed by atoms with Crippen LogP contribution in [0.25, 0.3) is 0 Å². The second-order valence-corrected chi connectivity index (χ2v) is 3.22. The van der Waals surface area contributed by atoms with Gasteiger partial charge in [0.15, 0.2) is 0 Å². The standard InChI is InChI=1S/C9H13N3O/c1-2-10-9-11-7-5-3-4-6(7)8(13)12-9/h2-5H2,1H3,(H2,10,11,12,13). The van der Waals surface area contributed by atoms with Crippen molar-refractivity contribution in [2.45, 2.75) is 26.2 Å². The number of anilines is 1. The highest BCUT2D eigenvalue weighted by molar-refractivity contribution is 5.31. The van der Waals surface area contributed by atoms with Crippen molar-refractivity contribution >= 4 is 5.95 Å². The molecule has 4 heteroatoms. The Morgan fingerprint density at radius 3 is 3.15 bits per heavy atom. The maximum Gasteiger partial charge on any atom is 0.255 e. The maximum absolute atomic E-state index is 11.5. The van der Waals surface area contributed by atoms with Gasteiger partial charge in [0.25, 0.3) is 5.56 Å². The summed E-state index contributed by atoms with van der Waals surface area (Å²) in [6, 6.07) is 0. The molecule has 2 rings (SSSR count). The Morgan fingerprint density at radius 2 is 2.38 bits per heavy atom. The number of aromatic amines is 1. The van der Waals surface area contributed by atoms with Crippen molar-refractivity contribution in [2.24, 2.45) is 0 Å². The zero-order valence-electron chi connectivity index (χ0n) is 7.68. The molecule has 1 aliphatic carbocycles. The molecule has 1 heterocycles. The lowest BCUT2D eigenvalue weighted by atomic mass is 10.3. The van der Waals surface area contributed by atoms with Gasteiger partial charge >= 0.3 is 0 Å². The van der Waals surface area contributed by atoms with Gasteiger partial charge in [-0.3, -0.25) is 9.78 Å². The van der Waals surface area contributed by atoms with Crippen molar-refractivity contribution in [2.75, 3.05) is 11.9 Å². The van der Waals surface area contributed by atoms with E-state index in [9.17, 15) is 4.79 Å². The molecule has 0 bridgehead atoms. The van der Waals surface area contributed by atoms with E-state index in [-0.39, 0.29) is 5.56 Å². The Balaban J connectivity index is 2.44. The predicted molar refractivity (Wildman–Crippen MR) is 51.0 cm³/mol. The molecule has 0 radical (unpaired) electrons. The summed E-state index contributed by atoms with van der Waals surface area (Å²) >= 11 is 0. The van der Waals surface area contributed by atoms with Gasteiger partial charge in [-0.05, 0) is 26.2 Å². The first-order valence-electron chi connectivity index (χ1n) is 4.67. The summed E-state index contributed by atoms with van der Waals surface area (Å²) in [5, 5.41) is 3.01. The van der Waals surface area contributed by atoms with E-state index in [1.807, 2.05) is 6.92 Å². The molecule has 0 unspecified atom stereocenters. The monoisotopic (exact) mass is 179 g/mol. The highest BCUT2D eigenvalue weighted by Gasteiger charge is 2.16. The van der Waals surface area contributed by atoms with E-state index < -0.39 is 0 Å². The number of nitrogens with one attached hydrogen (secondary N) is 2. The van der Waals surface area contributed by atoms with E-state index in [1.54, 1.807) is 0 Å². The second kappa shape index (κ2) is 3.20. The number of aryl methyl sites for hydroxylation is 1. The van der Waals surface area contributed by atoms with Gasteiger partial charge < -0.3 is 5.32 Å². The van der Waals surface area contributed by atoms with Gasteiger partial charge in [-0.1, -0.05) is 0 Å². The number of hydrogen-bond donors (Lipinski definition) is 2. The minimum absolute atomic E-state index is 0.0263. The van der Waals surface area contributed by atoms with Crippen LogP contribution in [0.2, 0.25) is 0 Å². The highest BCUT2D eigenvalue weighted by atomic mass is 16.1. The molecular formula is C9H13N3O. The molecule has 1 aromatic rings. The van der Waals surface area contributed by atoms with Crippen LogP contribution in [0.3, 0.4) is 0 Å². The molecule has 0 amide bonds. The molecule has 0 aromatic carbocycles. The zero-order chi connectivity index (χ0) is 9.26. The molecule has 0 saturated carbocycles. The molecule has 2 N–H and O–H groups in total. The number of aromatic nitrogens is 2. The van der Waals surface area contributed by atoms with Crippen LogP contribution in [-0.4, -0.2) is 16.5 Å². The first-order chi connectivity index (χ1) is 6.31. The van der Waals surface area contributed by atoms with Crippen molar-refractivity contribution in [3.63, 3.8) is 0 Å². The maximum atomic E-state index is 11.5. The van der Waals surface area contributed by atoms with Crippen LogP contribution in [-0.2, 0) is 12.8 Å². The average Bonchev–Trinajstić information content (AvgIpc) is 2.53. The summed E-state index contributed by atoms with van der Waals surface area (Å²) in [6.07, 6.45) is 2.88. The van der Waals surface area contributed by atoms with Crippen molar-refractivity contribution in [1.29, 1.82) is 0 Å². The zero-order valence-corrected chi connectivity index (χ0v) is 7.68. The third-order valence-electron chi connectivity index (χ3n) is 2.29. The van der Waals surface area contributed by atoms with Gasteiger partial charge in [0.1, 0.15) is 0 Å². The number of hydrogen-bond acceptors (Lipinski definition) is 3. The fourth-order valence-corrected chi connectivity index (χ4v) is 1.69. The summed E-state index contributed by atoms with van der Waals surface area (Å²) < 4.78 is 0. The molecule has 70 valence electrons. The van der Waals surface area contributed by atoms with E-state index in [2.05, 4.69) is 15.3 Å². The first-order valence-corrected chi connectivity index (χ1v) is 4.67. The molecule has 13 heavy (non-hydrogen) atoms. The predicted octanol–water partition coefficient (Wildman–Crippen LogP) is 0.690. The quantitative estimate of drug-likeness (QED) is 0.702. The third-order valence-corrected chi connectivity index (χ3v) is 2.29. The van der Waals surface area contributed by atoms with E-state index in [1.165, 1.54) is 0 Å². The van der Waals surface area contributed by atoms with E-state index in [4.69, 9.17) is 0 Å². The molecule has 0 spiro atoms. The summed E-state index contributed by atoms with van der Waals surface area (Å²) in [6.45, 7) is 2.76. The normalized spacial score (nSPS) is 14.2. The first kappa shape index (κ1) is 8.29. The van der Waals surface area contributed by atoms with Crippen LogP contribution in [0.5, 0.6) is 0 Å². The van der Waals surface area contributed by atoms with E-state index in [0.717, 1.165) is 37.1 Å². The average molecular weight is 179 g/mol. The molecule has 4 nitrogen and oxygen atoms in total. The van der Waals surface area contributed by atoms with Gasteiger partial charge in [0, 0.05) is 12.1 Å². The topological polar surface area (TPSA) is 57.8 Å². The Labute approximate surface area is 76.4 Å². The van der Waals surface area contributed by atoms with Crippen LogP contribution in [0, 0.1) is 0 Å². The van der Waals surface area contributed by atoms with Crippen LogP contribution in [0.1, 0.15) is 24.6 Å². The lowest BCUT2D eigenvalue weighted by Gasteiger charge is -2.03. The van der Waals surface area contributed by atoms with Gasteiger partial charge in [0.2, 0.25) is 5.95 Å². The van der Waals surface area contributed by atoms with Gasteiger partial charge in [-0.2, -0.15) is 0 Å². The van der Waals surface area contributed by atoms with Crippen molar-refractivity contribution in [1.82, 2.24) is 9.97 Å². The SMILES string of the molecule is CCNc1nc2c(c(=O)[nH]1)CCC2. The molecule has 0 aliphatic heterocycles. The lowest BCUT2D eigenvalue weighted by molar-refractivity contribution is 0.898. The summed E-state index contributed by atoms with van der Waals surface area (Å²) in [5.74, 6) is 0.605. The smallest absolute Gasteiger partial charge is 0.255 e.